The number of quaternary nitrogens is 2. The van der Waals surface area contributed by atoms with Gasteiger partial charge in [0, 0.05) is 26.2 Å². The first-order chi connectivity index (χ1) is 22.9. The van der Waals surface area contributed by atoms with Crippen LogP contribution in [0, 0.1) is 0 Å². The van der Waals surface area contributed by atoms with Crippen LogP contribution >= 0.6 is 0 Å². The van der Waals surface area contributed by atoms with Crippen molar-refractivity contribution < 1.29 is 28.1 Å². The van der Waals surface area contributed by atoms with Crippen LogP contribution in [0.5, 0.6) is 0 Å². The van der Waals surface area contributed by atoms with Gasteiger partial charge in [-0.1, -0.05) is 129 Å². The summed E-state index contributed by atoms with van der Waals surface area (Å²) in [6.07, 6.45) is 25.3. The second-order valence-corrected chi connectivity index (χ2v) is 15.3. The van der Waals surface area contributed by atoms with Crippen molar-refractivity contribution in [3.63, 3.8) is 0 Å². The first-order valence-electron chi connectivity index (χ1n) is 19.6. The van der Waals surface area contributed by atoms with E-state index in [1.165, 1.54) is 103 Å². The smallest absolute Gasteiger partial charge is 0.275 e. The van der Waals surface area contributed by atoms with Gasteiger partial charge in [0.15, 0.2) is 26.2 Å². The summed E-state index contributed by atoms with van der Waals surface area (Å²) in [5.41, 5.74) is 0. The molecule has 0 heterocycles. The predicted octanol–water partition coefficient (Wildman–Crippen LogP) is 5.45. The average Bonchev–Trinajstić information content (AvgIpc) is 2.99. The standard InChI is InChI=1S/C38H76N6O4/c1-7-9-11-13-15-17-19-21-23-25-27-39-35(45)31-43(3,4)33-37(47)41-29-30-42-38(48)34-44(5,6)32-36(46)40-28-26-24-22-20-18-16-14-12-10-8-2/h7-34H2,1-6H3,(H2-2,39,40,41,42,45,46,47,48)/p+2. The molecular weight excluding hydrogens is 604 g/mol. The largest absolute Gasteiger partial charge is 0.351 e. The Morgan fingerprint density at radius 2 is 0.542 bits per heavy atom. The highest BCUT2D eigenvalue weighted by molar-refractivity contribution is 5.80. The fourth-order valence-electron chi connectivity index (χ4n) is 5.97. The molecule has 0 rings (SSSR count). The second kappa shape index (κ2) is 29.7. The van der Waals surface area contributed by atoms with E-state index in [0.717, 1.165) is 25.7 Å². The van der Waals surface area contributed by atoms with E-state index in [1.54, 1.807) is 0 Å². The normalized spacial score (nSPS) is 11.7. The fourth-order valence-corrected chi connectivity index (χ4v) is 5.97. The average molecular weight is 683 g/mol. The Labute approximate surface area is 295 Å². The van der Waals surface area contributed by atoms with Crippen molar-refractivity contribution in [1.82, 2.24) is 21.3 Å². The molecule has 0 unspecified atom stereocenters. The number of rotatable bonds is 33. The van der Waals surface area contributed by atoms with Crippen LogP contribution in [0.3, 0.4) is 0 Å². The summed E-state index contributed by atoms with van der Waals surface area (Å²) in [5, 5.41) is 11.7. The van der Waals surface area contributed by atoms with E-state index >= 15 is 0 Å². The number of unbranched alkanes of at least 4 members (excludes halogenated alkanes) is 18. The molecule has 0 aromatic rings. The molecule has 0 aliphatic carbocycles. The molecule has 0 atom stereocenters. The molecule has 48 heavy (non-hydrogen) atoms. The van der Waals surface area contributed by atoms with Crippen molar-refractivity contribution in [2.24, 2.45) is 0 Å². The summed E-state index contributed by atoms with van der Waals surface area (Å²) in [6, 6.07) is 0. The quantitative estimate of drug-likeness (QED) is 0.0545. The number of carbonyl (C=O) groups excluding carboxylic acids is 4. The summed E-state index contributed by atoms with van der Waals surface area (Å²) in [4.78, 5) is 49.8. The lowest BCUT2D eigenvalue weighted by Crippen LogP contribution is -2.54. The van der Waals surface area contributed by atoms with E-state index in [4.69, 9.17) is 0 Å². The summed E-state index contributed by atoms with van der Waals surface area (Å²) in [5.74, 6) is -0.396. The minimum Gasteiger partial charge on any atom is -0.351 e. The van der Waals surface area contributed by atoms with Crippen LogP contribution in [0.15, 0.2) is 0 Å². The van der Waals surface area contributed by atoms with Crippen molar-refractivity contribution in [1.29, 1.82) is 0 Å². The minimum atomic E-state index is -0.160. The van der Waals surface area contributed by atoms with E-state index in [2.05, 4.69) is 35.1 Å². The Morgan fingerprint density at radius 1 is 0.333 bits per heavy atom. The van der Waals surface area contributed by atoms with E-state index < -0.39 is 0 Å². The van der Waals surface area contributed by atoms with Crippen molar-refractivity contribution >= 4 is 23.6 Å². The molecule has 0 radical (unpaired) electrons. The topological polar surface area (TPSA) is 116 Å². The van der Waals surface area contributed by atoms with E-state index in [0.29, 0.717) is 26.2 Å². The maximum absolute atomic E-state index is 12.5. The lowest BCUT2D eigenvalue weighted by Gasteiger charge is -2.28. The van der Waals surface area contributed by atoms with Crippen LogP contribution in [-0.2, 0) is 19.2 Å². The Balaban J connectivity index is 3.93. The van der Waals surface area contributed by atoms with Gasteiger partial charge in [0.25, 0.3) is 23.6 Å². The monoisotopic (exact) mass is 683 g/mol. The molecule has 0 bridgehead atoms. The van der Waals surface area contributed by atoms with E-state index in [-0.39, 0.29) is 58.8 Å². The van der Waals surface area contributed by atoms with Gasteiger partial charge in [0.05, 0.1) is 28.2 Å². The molecule has 4 amide bonds. The van der Waals surface area contributed by atoms with Crippen LogP contribution in [0.4, 0.5) is 0 Å². The van der Waals surface area contributed by atoms with Gasteiger partial charge in [-0.05, 0) is 12.8 Å². The van der Waals surface area contributed by atoms with Gasteiger partial charge in [-0.2, -0.15) is 0 Å². The molecule has 0 aromatic carbocycles. The molecule has 4 N–H and O–H groups in total. The number of carbonyl (C=O) groups is 4. The summed E-state index contributed by atoms with van der Waals surface area (Å²) in [7, 11) is 7.48. The molecule has 10 heteroatoms. The van der Waals surface area contributed by atoms with Gasteiger partial charge in [0.2, 0.25) is 0 Å². The van der Waals surface area contributed by atoms with Crippen LogP contribution in [0.25, 0.3) is 0 Å². The molecule has 10 nitrogen and oxygen atoms in total. The molecule has 0 spiro atoms. The zero-order valence-corrected chi connectivity index (χ0v) is 32.3. The number of amides is 4. The molecule has 0 aromatic heterocycles. The highest BCUT2D eigenvalue weighted by atomic mass is 16.2. The van der Waals surface area contributed by atoms with Crippen molar-refractivity contribution in [3.8, 4) is 0 Å². The highest BCUT2D eigenvalue weighted by Crippen LogP contribution is 2.11. The lowest BCUT2D eigenvalue weighted by atomic mass is 10.1. The Bertz CT molecular complexity index is 781. The number of hydrogen-bond acceptors (Lipinski definition) is 4. The van der Waals surface area contributed by atoms with Crippen LogP contribution in [-0.4, -0.2) is 113 Å². The summed E-state index contributed by atoms with van der Waals surface area (Å²) < 4.78 is 0.518. The highest BCUT2D eigenvalue weighted by Gasteiger charge is 2.25. The molecule has 0 fully saturated rings. The zero-order valence-electron chi connectivity index (χ0n) is 32.3. The Kier molecular flexibility index (Phi) is 28.3. The zero-order chi connectivity index (χ0) is 35.9. The Morgan fingerprint density at radius 3 is 0.792 bits per heavy atom. The second-order valence-electron chi connectivity index (χ2n) is 15.3. The molecule has 282 valence electrons. The third-order valence-corrected chi connectivity index (χ3v) is 8.76. The molecule has 0 aliphatic rings. The van der Waals surface area contributed by atoms with E-state index in [1.807, 2.05) is 28.2 Å². The van der Waals surface area contributed by atoms with Crippen LogP contribution in [0.1, 0.15) is 142 Å². The molecule has 0 saturated heterocycles. The maximum atomic E-state index is 12.5. The van der Waals surface area contributed by atoms with Gasteiger partial charge in [-0.15, -0.1) is 0 Å². The minimum absolute atomic E-state index is 0.0378. The Hall–Kier alpha value is -2.20. The fraction of sp³-hybridized carbons (Fsp3) is 0.895. The van der Waals surface area contributed by atoms with Crippen LogP contribution in [0.2, 0.25) is 0 Å². The summed E-state index contributed by atoms with van der Waals surface area (Å²) in [6.45, 7) is 7.30. The predicted molar refractivity (Wildman–Crippen MR) is 199 cm³/mol. The molecule has 0 saturated carbocycles. The van der Waals surface area contributed by atoms with Crippen LogP contribution < -0.4 is 21.3 Å². The number of likely N-dealkylation sites (N-methyl/N-ethyl adjacent to an activating group) is 2. The third-order valence-electron chi connectivity index (χ3n) is 8.76. The SMILES string of the molecule is CCCCCCCCCCCCNC(=O)C[N+](C)(C)CC(=O)NCCNC(=O)C[N+](C)(C)CC(=O)NCCCCCCCCCCCC. The number of nitrogens with zero attached hydrogens (tertiary/aromatic N) is 2. The first-order valence-corrected chi connectivity index (χ1v) is 19.6. The third kappa shape index (κ3) is 31.1. The van der Waals surface area contributed by atoms with Gasteiger partial charge in [0.1, 0.15) is 0 Å². The first kappa shape index (κ1) is 45.8. The van der Waals surface area contributed by atoms with E-state index in [9.17, 15) is 19.2 Å². The molecular formula is C38H78N6O4+2. The molecule has 0 aliphatic heterocycles. The number of hydrogen-bond donors (Lipinski definition) is 4. The van der Waals surface area contributed by atoms with Gasteiger partial charge in [-0.25, -0.2) is 0 Å². The van der Waals surface area contributed by atoms with Crippen molar-refractivity contribution in [2.75, 3.05) is 80.5 Å². The van der Waals surface area contributed by atoms with Crippen molar-refractivity contribution in [2.45, 2.75) is 142 Å². The van der Waals surface area contributed by atoms with Gasteiger partial charge < -0.3 is 30.2 Å². The lowest BCUT2D eigenvalue weighted by molar-refractivity contribution is -0.874. The van der Waals surface area contributed by atoms with Crippen molar-refractivity contribution in [3.05, 3.63) is 0 Å². The van der Waals surface area contributed by atoms with Gasteiger partial charge in [-0.3, -0.25) is 19.2 Å². The number of nitrogens with one attached hydrogen (secondary N) is 4. The van der Waals surface area contributed by atoms with Gasteiger partial charge >= 0.3 is 0 Å². The maximum Gasteiger partial charge on any atom is 0.275 e. The summed E-state index contributed by atoms with van der Waals surface area (Å²) >= 11 is 0.